The molecule has 0 spiro atoms. The van der Waals surface area contributed by atoms with Crippen LogP contribution in [-0.2, 0) is 6.42 Å². The largest absolute Gasteiger partial charge is 0.494 e. The predicted octanol–water partition coefficient (Wildman–Crippen LogP) is 2.03. The fourth-order valence-corrected chi connectivity index (χ4v) is 1.66. The van der Waals surface area contributed by atoms with Gasteiger partial charge in [-0.15, -0.1) is 0 Å². The summed E-state index contributed by atoms with van der Waals surface area (Å²) in [5, 5.41) is 4.28. The first-order valence-electron chi connectivity index (χ1n) is 5.23. The summed E-state index contributed by atoms with van der Waals surface area (Å²) in [6.45, 7) is 2.06. The topological polar surface area (TPSA) is 53.1 Å². The van der Waals surface area contributed by atoms with Gasteiger partial charge in [-0.3, -0.25) is 0 Å². The molecule has 0 radical (unpaired) electrons. The monoisotopic (exact) mass is 217 g/mol. The number of aryl methyl sites for hydroxylation is 1. The molecule has 84 valence electrons. The smallest absolute Gasteiger partial charge is 0.144 e. The van der Waals surface area contributed by atoms with Crippen molar-refractivity contribution in [2.75, 3.05) is 12.8 Å². The molecule has 0 unspecified atom stereocenters. The highest BCUT2D eigenvalue weighted by molar-refractivity contribution is 5.53. The van der Waals surface area contributed by atoms with E-state index < -0.39 is 0 Å². The molecular formula is C12H15N3O. The second-order valence-electron chi connectivity index (χ2n) is 3.49. The van der Waals surface area contributed by atoms with Crippen LogP contribution in [0.25, 0.3) is 5.69 Å². The molecule has 0 aliphatic rings. The van der Waals surface area contributed by atoms with Crippen molar-refractivity contribution in [2.45, 2.75) is 13.3 Å². The minimum Gasteiger partial charge on any atom is -0.494 e. The van der Waals surface area contributed by atoms with Gasteiger partial charge in [-0.25, -0.2) is 4.68 Å². The molecule has 0 bridgehead atoms. The van der Waals surface area contributed by atoms with Crippen LogP contribution in [0.15, 0.2) is 30.5 Å². The molecule has 0 fully saturated rings. The van der Waals surface area contributed by atoms with Gasteiger partial charge in [0.05, 0.1) is 13.3 Å². The third-order valence-corrected chi connectivity index (χ3v) is 2.58. The molecule has 0 saturated carbocycles. The first-order valence-corrected chi connectivity index (χ1v) is 5.23. The van der Waals surface area contributed by atoms with Crippen LogP contribution >= 0.6 is 0 Å². The highest BCUT2D eigenvalue weighted by Crippen LogP contribution is 2.25. The molecule has 0 atom stereocenters. The molecule has 2 aromatic rings. The number of benzene rings is 1. The normalized spacial score (nSPS) is 10.4. The van der Waals surface area contributed by atoms with Crippen molar-refractivity contribution in [2.24, 2.45) is 0 Å². The van der Waals surface area contributed by atoms with Gasteiger partial charge in [0.25, 0.3) is 0 Å². The molecule has 2 N–H and O–H groups in total. The number of ether oxygens (including phenoxy) is 1. The highest BCUT2D eigenvalue weighted by atomic mass is 16.5. The van der Waals surface area contributed by atoms with Crippen molar-refractivity contribution >= 4 is 5.82 Å². The van der Waals surface area contributed by atoms with Gasteiger partial charge in [-0.2, -0.15) is 5.10 Å². The molecule has 0 aliphatic carbocycles. The average Bonchev–Trinajstić information content (AvgIpc) is 2.70. The summed E-state index contributed by atoms with van der Waals surface area (Å²) in [6.07, 6.45) is 2.67. The molecule has 16 heavy (non-hydrogen) atoms. The number of nitrogens with two attached hydrogens (primary N) is 1. The van der Waals surface area contributed by atoms with Gasteiger partial charge in [-0.05, 0) is 18.6 Å². The third-order valence-electron chi connectivity index (χ3n) is 2.58. The van der Waals surface area contributed by atoms with E-state index >= 15 is 0 Å². The molecule has 0 saturated heterocycles. The van der Waals surface area contributed by atoms with E-state index in [1.807, 2.05) is 24.3 Å². The van der Waals surface area contributed by atoms with Crippen LogP contribution < -0.4 is 10.5 Å². The Kier molecular flexibility index (Phi) is 2.81. The zero-order chi connectivity index (χ0) is 11.5. The zero-order valence-electron chi connectivity index (χ0n) is 9.47. The van der Waals surface area contributed by atoms with Crippen LogP contribution in [0, 0.1) is 0 Å². The Labute approximate surface area is 94.6 Å². The number of nitrogen functional groups attached to an aromatic ring is 1. The fourth-order valence-electron chi connectivity index (χ4n) is 1.66. The lowest BCUT2D eigenvalue weighted by atomic mass is 10.2. The maximum absolute atomic E-state index is 6.01. The van der Waals surface area contributed by atoms with Crippen molar-refractivity contribution in [3.8, 4) is 11.4 Å². The summed E-state index contributed by atoms with van der Waals surface area (Å²) >= 11 is 0. The Morgan fingerprint density at radius 3 is 2.75 bits per heavy atom. The van der Waals surface area contributed by atoms with Crippen molar-refractivity contribution < 1.29 is 4.74 Å². The van der Waals surface area contributed by atoms with E-state index in [0.29, 0.717) is 5.82 Å². The van der Waals surface area contributed by atoms with Crippen LogP contribution in [0.4, 0.5) is 5.82 Å². The van der Waals surface area contributed by atoms with Crippen LogP contribution in [0.5, 0.6) is 5.75 Å². The summed E-state index contributed by atoms with van der Waals surface area (Å²) in [5.41, 5.74) is 7.92. The third kappa shape index (κ3) is 1.62. The lowest BCUT2D eigenvalue weighted by molar-refractivity contribution is 0.412. The van der Waals surface area contributed by atoms with Gasteiger partial charge < -0.3 is 10.5 Å². The molecule has 2 rings (SSSR count). The van der Waals surface area contributed by atoms with Crippen molar-refractivity contribution in [3.05, 3.63) is 36.0 Å². The highest BCUT2D eigenvalue weighted by Gasteiger charge is 2.10. The SMILES string of the molecule is CCc1cnn(-c2ccccc2OC)c1N. The number of anilines is 1. The van der Waals surface area contributed by atoms with Crippen molar-refractivity contribution in [3.63, 3.8) is 0 Å². The van der Waals surface area contributed by atoms with E-state index in [1.165, 1.54) is 0 Å². The van der Waals surface area contributed by atoms with Gasteiger partial charge >= 0.3 is 0 Å². The maximum atomic E-state index is 6.01. The number of para-hydroxylation sites is 2. The van der Waals surface area contributed by atoms with Crippen molar-refractivity contribution in [1.82, 2.24) is 9.78 Å². The Morgan fingerprint density at radius 2 is 2.12 bits per heavy atom. The molecule has 1 aromatic heterocycles. The molecule has 0 amide bonds. The van der Waals surface area contributed by atoms with E-state index in [-0.39, 0.29) is 0 Å². The van der Waals surface area contributed by atoms with E-state index in [4.69, 9.17) is 10.5 Å². The van der Waals surface area contributed by atoms with E-state index in [2.05, 4.69) is 12.0 Å². The number of nitrogens with zero attached hydrogens (tertiary/aromatic N) is 2. The van der Waals surface area contributed by atoms with Gasteiger partial charge in [0.2, 0.25) is 0 Å². The maximum Gasteiger partial charge on any atom is 0.144 e. The Bertz CT molecular complexity index is 491. The standard InChI is InChI=1S/C12H15N3O/c1-3-9-8-14-15(12(9)13)10-6-4-5-7-11(10)16-2/h4-8H,3,13H2,1-2H3. The molecule has 4 nitrogen and oxygen atoms in total. The summed E-state index contributed by atoms with van der Waals surface area (Å²) < 4.78 is 6.99. The van der Waals surface area contributed by atoms with Crippen LogP contribution in [0.1, 0.15) is 12.5 Å². The van der Waals surface area contributed by atoms with Crippen LogP contribution in [0.3, 0.4) is 0 Å². The van der Waals surface area contributed by atoms with Gasteiger partial charge in [0.1, 0.15) is 17.3 Å². The summed E-state index contributed by atoms with van der Waals surface area (Å²) in [7, 11) is 1.64. The molecule has 1 aromatic carbocycles. The fraction of sp³-hybridized carbons (Fsp3) is 0.250. The lowest BCUT2D eigenvalue weighted by Gasteiger charge is -2.09. The molecule has 0 aliphatic heterocycles. The van der Waals surface area contributed by atoms with E-state index in [1.54, 1.807) is 18.0 Å². The Balaban J connectivity index is 2.54. The minimum absolute atomic E-state index is 0.673. The average molecular weight is 217 g/mol. The molecule has 1 heterocycles. The van der Waals surface area contributed by atoms with Gasteiger partial charge in [0.15, 0.2) is 0 Å². The number of hydrogen-bond donors (Lipinski definition) is 1. The second-order valence-corrected chi connectivity index (χ2v) is 3.49. The van der Waals surface area contributed by atoms with Gasteiger partial charge in [-0.1, -0.05) is 19.1 Å². The van der Waals surface area contributed by atoms with Gasteiger partial charge in [0, 0.05) is 5.56 Å². The quantitative estimate of drug-likeness (QED) is 0.855. The number of methoxy groups -OCH3 is 1. The Hall–Kier alpha value is -1.97. The second kappa shape index (κ2) is 4.26. The van der Waals surface area contributed by atoms with Crippen LogP contribution in [0.2, 0.25) is 0 Å². The number of aromatic nitrogens is 2. The summed E-state index contributed by atoms with van der Waals surface area (Å²) in [4.78, 5) is 0. The van der Waals surface area contributed by atoms with Crippen LogP contribution in [-0.4, -0.2) is 16.9 Å². The number of rotatable bonds is 3. The number of hydrogen-bond acceptors (Lipinski definition) is 3. The molecular weight excluding hydrogens is 202 g/mol. The first-order chi connectivity index (χ1) is 7.77. The van der Waals surface area contributed by atoms with E-state index in [9.17, 15) is 0 Å². The summed E-state index contributed by atoms with van der Waals surface area (Å²) in [6, 6.07) is 7.68. The zero-order valence-corrected chi connectivity index (χ0v) is 9.47. The summed E-state index contributed by atoms with van der Waals surface area (Å²) in [5.74, 6) is 1.44. The first kappa shape index (κ1) is 10.5. The Morgan fingerprint density at radius 1 is 1.38 bits per heavy atom. The van der Waals surface area contributed by atoms with E-state index in [0.717, 1.165) is 23.4 Å². The lowest BCUT2D eigenvalue weighted by Crippen LogP contribution is -2.04. The van der Waals surface area contributed by atoms with Crippen molar-refractivity contribution in [1.29, 1.82) is 0 Å². The molecule has 4 heteroatoms. The minimum atomic E-state index is 0.673. The predicted molar refractivity (Wildman–Crippen MR) is 63.9 cm³/mol.